The highest BCUT2D eigenvalue weighted by Crippen LogP contribution is 2.21. The molecule has 1 rings (SSSR count). The summed E-state index contributed by atoms with van der Waals surface area (Å²) in [5.41, 5.74) is 1.02. The molecule has 0 amide bonds. The smallest absolute Gasteiger partial charge is 0.339 e. The van der Waals surface area contributed by atoms with Crippen molar-refractivity contribution in [1.29, 1.82) is 0 Å². The maximum Gasteiger partial charge on any atom is 0.339 e. The Kier molecular flexibility index (Phi) is 7.47. The van der Waals surface area contributed by atoms with Crippen molar-refractivity contribution in [2.45, 2.75) is 39.7 Å². The van der Waals surface area contributed by atoms with E-state index in [-0.39, 0.29) is 0 Å². The monoisotopic (exact) mass is 328 g/mol. The highest BCUT2D eigenvalue weighted by atomic mass is 35.5. The van der Waals surface area contributed by atoms with Crippen LogP contribution in [0.3, 0.4) is 0 Å². The fraction of sp³-hybridized carbons (Fsp3) is 0.467. The van der Waals surface area contributed by atoms with Gasteiger partial charge in [0.25, 0.3) is 0 Å². The van der Waals surface area contributed by atoms with Gasteiger partial charge in [-0.25, -0.2) is 4.79 Å². The third-order valence-corrected chi connectivity index (χ3v) is 3.37. The Morgan fingerprint density at radius 1 is 1.43 bits per heavy atom. The van der Waals surface area contributed by atoms with Crippen molar-refractivity contribution in [3.8, 4) is 0 Å². The molecule has 0 bridgehead atoms. The molecule has 6 heteroatoms. The standard InChI is InChI=1S/C15H21ClN2O2S/c1-4-6-10(3)17-15(21)18-11-7-8-13(16)12(9-11)14(19)20-5-2/h7-10H,4-6H2,1-3H3,(H2,17,18,21)/t10-/m0/s1. The molecule has 116 valence electrons. The van der Waals surface area contributed by atoms with Crippen molar-refractivity contribution >= 4 is 40.6 Å². The number of benzene rings is 1. The van der Waals surface area contributed by atoms with Gasteiger partial charge in [0.05, 0.1) is 17.2 Å². The van der Waals surface area contributed by atoms with Gasteiger partial charge in [0.15, 0.2) is 5.11 Å². The molecule has 0 saturated heterocycles. The minimum absolute atomic E-state index is 0.298. The van der Waals surface area contributed by atoms with Gasteiger partial charge in [0.1, 0.15) is 0 Å². The third kappa shape index (κ3) is 5.89. The van der Waals surface area contributed by atoms with Gasteiger partial charge in [-0.05, 0) is 50.7 Å². The molecular formula is C15H21ClN2O2S. The number of ether oxygens (including phenoxy) is 1. The van der Waals surface area contributed by atoms with Gasteiger partial charge >= 0.3 is 5.97 Å². The Hall–Kier alpha value is -1.33. The lowest BCUT2D eigenvalue weighted by molar-refractivity contribution is 0.0526. The van der Waals surface area contributed by atoms with Crippen LogP contribution in [-0.4, -0.2) is 23.7 Å². The zero-order valence-corrected chi connectivity index (χ0v) is 14.1. The topological polar surface area (TPSA) is 50.4 Å². The first-order valence-electron chi connectivity index (χ1n) is 7.02. The van der Waals surface area contributed by atoms with Crippen molar-refractivity contribution in [3.63, 3.8) is 0 Å². The summed E-state index contributed by atoms with van der Waals surface area (Å²) in [5.74, 6) is -0.440. The summed E-state index contributed by atoms with van der Waals surface area (Å²) in [6, 6.07) is 5.35. The van der Waals surface area contributed by atoms with Crippen molar-refractivity contribution in [2.75, 3.05) is 11.9 Å². The Morgan fingerprint density at radius 3 is 2.76 bits per heavy atom. The van der Waals surface area contributed by atoms with E-state index in [1.54, 1.807) is 25.1 Å². The molecule has 0 radical (unpaired) electrons. The molecule has 0 aliphatic rings. The second-order valence-corrected chi connectivity index (χ2v) is 5.52. The first-order chi connectivity index (χ1) is 9.97. The molecule has 1 atom stereocenters. The highest BCUT2D eigenvalue weighted by Gasteiger charge is 2.13. The molecule has 0 heterocycles. The second kappa shape index (κ2) is 8.85. The van der Waals surface area contributed by atoms with E-state index in [0.29, 0.717) is 34.0 Å². The van der Waals surface area contributed by atoms with Gasteiger partial charge in [-0.15, -0.1) is 0 Å². The number of esters is 1. The second-order valence-electron chi connectivity index (χ2n) is 4.70. The quantitative estimate of drug-likeness (QED) is 0.611. The van der Waals surface area contributed by atoms with Crippen molar-refractivity contribution in [1.82, 2.24) is 5.32 Å². The Morgan fingerprint density at radius 2 is 2.14 bits per heavy atom. The van der Waals surface area contributed by atoms with E-state index in [9.17, 15) is 4.79 Å². The minimum atomic E-state index is -0.440. The van der Waals surface area contributed by atoms with Crippen LogP contribution in [0.15, 0.2) is 18.2 Å². The van der Waals surface area contributed by atoms with Crippen molar-refractivity contribution < 1.29 is 9.53 Å². The molecule has 0 aromatic heterocycles. The molecule has 2 N–H and O–H groups in total. The molecule has 1 aromatic rings. The number of thiocarbonyl (C=S) groups is 1. The number of anilines is 1. The Balaban J connectivity index is 2.74. The zero-order valence-electron chi connectivity index (χ0n) is 12.5. The van der Waals surface area contributed by atoms with Crippen LogP contribution in [0.25, 0.3) is 0 Å². The van der Waals surface area contributed by atoms with Crippen LogP contribution in [0.5, 0.6) is 0 Å². The van der Waals surface area contributed by atoms with Gasteiger partial charge in [-0.3, -0.25) is 0 Å². The number of carbonyl (C=O) groups is 1. The van der Waals surface area contributed by atoms with Crippen LogP contribution in [0.1, 0.15) is 44.0 Å². The Bertz CT molecular complexity index is 508. The van der Waals surface area contributed by atoms with Crippen molar-refractivity contribution in [3.05, 3.63) is 28.8 Å². The Labute approximate surface area is 136 Å². The summed E-state index contributed by atoms with van der Waals surface area (Å²) in [4.78, 5) is 11.8. The zero-order chi connectivity index (χ0) is 15.8. The summed E-state index contributed by atoms with van der Waals surface area (Å²) in [7, 11) is 0. The third-order valence-electron chi connectivity index (χ3n) is 2.82. The summed E-state index contributed by atoms with van der Waals surface area (Å²) < 4.78 is 4.97. The van der Waals surface area contributed by atoms with E-state index in [1.165, 1.54) is 0 Å². The molecule has 0 unspecified atom stereocenters. The van der Waals surface area contributed by atoms with Gasteiger partial charge in [-0.2, -0.15) is 0 Å². The van der Waals surface area contributed by atoms with Gasteiger partial charge in [-0.1, -0.05) is 24.9 Å². The molecular weight excluding hydrogens is 308 g/mol. The predicted molar refractivity (Wildman–Crippen MR) is 91.1 cm³/mol. The first-order valence-corrected chi connectivity index (χ1v) is 7.80. The number of halogens is 1. The summed E-state index contributed by atoms with van der Waals surface area (Å²) in [5, 5.41) is 7.12. The average Bonchev–Trinajstić information content (AvgIpc) is 2.41. The van der Waals surface area contributed by atoms with Crippen LogP contribution >= 0.6 is 23.8 Å². The molecule has 0 spiro atoms. The van der Waals surface area contributed by atoms with Crippen LogP contribution in [-0.2, 0) is 4.74 Å². The van der Waals surface area contributed by atoms with E-state index < -0.39 is 5.97 Å². The lowest BCUT2D eigenvalue weighted by atomic mass is 10.2. The van der Waals surface area contributed by atoms with Gasteiger partial charge in [0, 0.05) is 11.7 Å². The predicted octanol–water partition coefficient (Wildman–Crippen LogP) is 3.99. The molecule has 21 heavy (non-hydrogen) atoms. The molecule has 1 aromatic carbocycles. The first kappa shape index (κ1) is 17.7. The number of hydrogen-bond acceptors (Lipinski definition) is 3. The molecule has 0 saturated carbocycles. The van der Waals surface area contributed by atoms with E-state index >= 15 is 0 Å². The molecule has 4 nitrogen and oxygen atoms in total. The number of hydrogen-bond donors (Lipinski definition) is 2. The van der Waals surface area contributed by atoms with E-state index in [0.717, 1.165) is 12.8 Å². The van der Waals surface area contributed by atoms with Crippen LogP contribution in [0.4, 0.5) is 5.69 Å². The molecule has 0 fully saturated rings. The molecule has 0 aliphatic carbocycles. The van der Waals surface area contributed by atoms with Crippen LogP contribution < -0.4 is 10.6 Å². The lowest BCUT2D eigenvalue weighted by Gasteiger charge is -2.16. The lowest BCUT2D eigenvalue weighted by Crippen LogP contribution is -2.35. The van der Waals surface area contributed by atoms with E-state index in [4.69, 9.17) is 28.6 Å². The highest BCUT2D eigenvalue weighted by molar-refractivity contribution is 7.80. The summed E-state index contributed by atoms with van der Waals surface area (Å²) >= 11 is 11.3. The number of carbonyl (C=O) groups excluding carboxylic acids is 1. The maximum atomic E-state index is 11.8. The fourth-order valence-corrected chi connectivity index (χ4v) is 2.38. The van der Waals surface area contributed by atoms with Crippen molar-refractivity contribution in [2.24, 2.45) is 0 Å². The number of rotatable bonds is 6. The minimum Gasteiger partial charge on any atom is -0.462 e. The van der Waals surface area contributed by atoms with Gasteiger partial charge in [0.2, 0.25) is 0 Å². The SMILES string of the molecule is CCC[C@H](C)NC(=S)Nc1ccc(Cl)c(C(=O)OCC)c1. The van der Waals surface area contributed by atoms with Crippen LogP contribution in [0, 0.1) is 0 Å². The summed E-state index contributed by atoms with van der Waals surface area (Å²) in [6.07, 6.45) is 2.13. The largest absolute Gasteiger partial charge is 0.462 e. The number of nitrogens with one attached hydrogen (secondary N) is 2. The maximum absolute atomic E-state index is 11.8. The molecule has 0 aliphatic heterocycles. The summed E-state index contributed by atoms with van der Waals surface area (Å²) in [6.45, 7) is 6.26. The van der Waals surface area contributed by atoms with Gasteiger partial charge < -0.3 is 15.4 Å². The van der Waals surface area contributed by atoms with E-state index in [1.807, 2.05) is 0 Å². The van der Waals surface area contributed by atoms with Crippen LogP contribution in [0.2, 0.25) is 5.02 Å². The fourth-order valence-electron chi connectivity index (χ4n) is 1.86. The normalized spacial score (nSPS) is 11.6. The average molecular weight is 329 g/mol. The van der Waals surface area contributed by atoms with E-state index in [2.05, 4.69) is 24.5 Å².